The van der Waals surface area contributed by atoms with Crippen LogP contribution in [-0.2, 0) is 6.54 Å². The fourth-order valence-corrected chi connectivity index (χ4v) is 6.02. The van der Waals surface area contributed by atoms with E-state index in [1.807, 2.05) is 30.3 Å². The summed E-state index contributed by atoms with van der Waals surface area (Å²) in [5.74, 6) is 1.12. The number of aromatic nitrogens is 1. The molecule has 0 saturated carbocycles. The van der Waals surface area contributed by atoms with Crippen molar-refractivity contribution in [1.29, 1.82) is 0 Å². The molecule has 3 aromatic rings. The number of anilines is 2. The fraction of sp³-hybridized carbons (Fsp3) is 0.348. The lowest BCUT2D eigenvalue weighted by atomic mass is 10.1. The second-order valence-corrected chi connectivity index (χ2v) is 10.5. The summed E-state index contributed by atoms with van der Waals surface area (Å²) in [5.41, 5.74) is 4.10. The van der Waals surface area contributed by atoms with Gasteiger partial charge in [0.1, 0.15) is 5.82 Å². The molecule has 7 heteroatoms. The summed E-state index contributed by atoms with van der Waals surface area (Å²) in [5, 5.41) is 11.2. The van der Waals surface area contributed by atoms with Gasteiger partial charge in [0.25, 0.3) is 0 Å². The smallest absolute Gasteiger partial charge is 0.131 e. The van der Waals surface area contributed by atoms with Crippen LogP contribution in [0.4, 0.5) is 11.5 Å². The van der Waals surface area contributed by atoms with Crippen LogP contribution in [0.2, 0.25) is 0 Å². The Morgan fingerprint density at radius 1 is 1.03 bits per heavy atom. The number of rotatable bonds is 2. The molecule has 30 heavy (non-hydrogen) atoms. The maximum absolute atomic E-state index is 10.7. The molecule has 0 amide bonds. The number of aryl methyl sites for hydroxylation is 1. The van der Waals surface area contributed by atoms with Crippen LogP contribution >= 0.6 is 10.6 Å². The van der Waals surface area contributed by atoms with E-state index in [1.165, 1.54) is 5.56 Å². The summed E-state index contributed by atoms with van der Waals surface area (Å²) in [6.07, 6.45) is 0.461. The van der Waals surface area contributed by atoms with E-state index in [9.17, 15) is 14.2 Å². The lowest BCUT2D eigenvalue weighted by molar-refractivity contribution is 0.198. The number of fused-ring (bicyclic) bond motifs is 2. The molecule has 2 aliphatic heterocycles. The van der Waals surface area contributed by atoms with E-state index in [4.69, 9.17) is 4.98 Å². The van der Waals surface area contributed by atoms with E-state index in [2.05, 4.69) is 34.9 Å². The maximum atomic E-state index is 10.7. The second-order valence-electron chi connectivity index (χ2n) is 8.31. The number of pyridine rings is 1. The van der Waals surface area contributed by atoms with E-state index in [-0.39, 0.29) is 11.9 Å². The first kappa shape index (κ1) is 19.6. The van der Waals surface area contributed by atoms with Crippen molar-refractivity contribution < 1.29 is 14.2 Å². The number of β-amino-alcohol motifs (C(OH)–C–C–N with tert-alkyl or cyclic N) is 1. The van der Waals surface area contributed by atoms with Gasteiger partial charge in [-0.15, -0.1) is 0 Å². The van der Waals surface area contributed by atoms with Crippen LogP contribution in [-0.4, -0.2) is 50.7 Å². The van der Waals surface area contributed by atoms with E-state index in [1.54, 1.807) is 0 Å². The minimum absolute atomic E-state index is 0.287. The molecule has 1 fully saturated rings. The Morgan fingerprint density at radius 2 is 1.87 bits per heavy atom. The van der Waals surface area contributed by atoms with E-state index in [0.29, 0.717) is 24.5 Å². The molecule has 6 nitrogen and oxygen atoms in total. The van der Waals surface area contributed by atoms with E-state index >= 15 is 0 Å². The third kappa shape index (κ3) is 3.52. The minimum atomic E-state index is -2.81. The van der Waals surface area contributed by atoms with Crippen molar-refractivity contribution >= 4 is 33.0 Å². The number of benzene rings is 2. The SMILES string of the molecule is Cc1ccc2nc(N3CCS(O)(O)c4ccccc4C3)cc(N3CC[C@H](O)C3)c2c1. The molecule has 0 spiro atoms. The van der Waals surface area contributed by atoms with Crippen LogP contribution in [0.3, 0.4) is 0 Å². The molecule has 5 rings (SSSR count). The predicted octanol–water partition coefficient (Wildman–Crippen LogP) is 4.24. The summed E-state index contributed by atoms with van der Waals surface area (Å²) in [6, 6.07) is 15.9. The van der Waals surface area contributed by atoms with Gasteiger partial charge in [0, 0.05) is 43.3 Å². The van der Waals surface area contributed by atoms with Crippen molar-refractivity contribution in [3.8, 4) is 0 Å². The van der Waals surface area contributed by atoms with Crippen LogP contribution in [0.25, 0.3) is 10.9 Å². The molecule has 3 N–H and O–H groups in total. The number of nitrogens with zero attached hydrogens (tertiary/aromatic N) is 3. The normalized spacial score (nSPS) is 22.1. The molecule has 1 atom stereocenters. The monoisotopic (exact) mass is 425 g/mol. The van der Waals surface area contributed by atoms with Gasteiger partial charge in [0.15, 0.2) is 0 Å². The highest BCUT2D eigenvalue weighted by molar-refractivity contribution is 8.24. The number of aliphatic hydroxyl groups is 1. The van der Waals surface area contributed by atoms with Gasteiger partial charge in [-0.1, -0.05) is 29.8 Å². The van der Waals surface area contributed by atoms with Crippen molar-refractivity contribution in [1.82, 2.24) is 4.98 Å². The standard InChI is InChI=1S/C23H27N3O3S/c1-16-6-7-20-19(12-16)21(25-9-8-18(27)15-25)13-23(24-20)26-10-11-30(28,29)22-5-3-2-4-17(22)14-26/h2-7,12-13,18,27-29H,8-11,14-15H2,1H3/t18-/m0/s1. The molecule has 158 valence electrons. The quantitative estimate of drug-likeness (QED) is 0.570. The molecule has 0 bridgehead atoms. The van der Waals surface area contributed by atoms with Gasteiger partial charge in [0.2, 0.25) is 0 Å². The maximum Gasteiger partial charge on any atom is 0.131 e. The largest absolute Gasteiger partial charge is 0.391 e. The summed E-state index contributed by atoms with van der Waals surface area (Å²) in [4.78, 5) is 9.95. The zero-order valence-corrected chi connectivity index (χ0v) is 17.8. The highest BCUT2D eigenvalue weighted by Crippen LogP contribution is 2.51. The molecule has 1 saturated heterocycles. The lowest BCUT2D eigenvalue weighted by Crippen LogP contribution is -2.27. The highest BCUT2D eigenvalue weighted by atomic mass is 32.3. The van der Waals surface area contributed by atoms with Crippen LogP contribution in [0.15, 0.2) is 53.4 Å². The van der Waals surface area contributed by atoms with Gasteiger partial charge < -0.3 is 14.9 Å². The molecule has 3 heterocycles. The van der Waals surface area contributed by atoms with Crippen molar-refractivity contribution in [3.05, 3.63) is 59.7 Å². The van der Waals surface area contributed by atoms with Crippen LogP contribution in [0.5, 0.6) is 0 Å². The summed E-state index contributed by atoms with van der Waals surface area (Å²) in [6.45, 7) is 4.61. The van der Waals surface area contributed by atoms with Gasteiger partial charge in [-0.25, -0.2) is 4.98 Å². The molecular formula is C23H27N3O3S. The molecular weight excluding hydrogens is 398 g/mol. The number of aliphatic hydroxyl groups excluding tert-OH is 1. The topological polar surface area (TPSA) is 80.1 Å². The Kier molecular flexibility index (Phi) is 4.86. The van der Waals surface area contributed by atoms with E-state index < -0.39 is 10.6 Å². The third-order valence-corrected chi connectivity index (χ3v) is 7.94. The predicted molar refractivity (Wildman–Crippen MR) is 123 cm³/mol. The van der Waals surface area contributed by atoms with Crippen molar-refractivity contribution in [2.45, 2.75) is 30.9 Å². The first-order valence-electron chi connectivity index (χ1n) is 10.3. The second kappa shape index (κ2) is 7.42. The zero-order chi connectivity index (χ0) is 20.9. The van der Waals surface area contributed by atoms with E-state index in [0.717, 1.165) is 40.9 Å². The third-order valence-electron chi connectivity index (χ3n) is 6.09. The molecule has 2 aromatic carbocycles. The Balaban J connectivity index is 1.60. The average Bonchev–Trinajstić information content (AvgIpc) is 3.11. The first-order valence-corrected chi connectivity index (χ1v) is 12.1. The lowest BCUT2D eigenvalue weighted by Gasteiger charge is -2.32. The van der Waals surface area contributed by atoms with Gasteiger partial charge in [-0.05, 0) is 37.1 Å². The van der Waals surface area contributed by atoms with Gasteiger partial charge in [-0.3, -0.25) is 9.11 Å². The fourth-order valence-electron chi connectivity index (χ4n) is 4.47. The Hall–Kier alpha value is -2.32. The molecule has 0 unspecified atom stereocenters. The minimum Gasteiger partial charge on any atom is -0.391 e. The van der Waals surface area contributed by atoms with Crippen molar-refractivity contribution in [3.63, 3.8) is 0 Å². The highest BCUT2D eigenvalue weighted by Gasteiger charge is 2.28. The number of hydrogen-bond acceptors (Lipinski definition) is 6. The zero-order valence-electron chi connectivity index (χ0n) is 17.0. The summed E-state index contributed by atoms with van der Waals surface area (Å²) < 4.78 is 21.4. The van der Waals surface area contributed by atoms with Crippen molar-refractivity contribution in [2.75, 3.05) is 35.2 Å². The van der Waals surface area contributed by atoms with Gasteiger partial charge >= 0.3 is 0 Å². The Labute approximate surface area is 178 Å². The summed E-state index contributed by atoms with van der Waals surface area (Å²) in [7, 11) is -2.81. The summed E-state index contributed by atoms with van der Waals surface area (Å²) >= 11 is 0. The average molecular weight is 426 g/mol. The van der Waals surface area contributed by atoms with Crippen LogP contribution in [0, 0.1) is 6.92 Å². The molecule has 0 aliphatic carbocycles. The first-order chi connectivity index (χ1) is 14.4. The molecule has 0 radical (unpaired) electrons. The Morgan fingerprint density at radius 3 is 2.67 bits per heavy atom. The van der Waals surface area contributed by atoms with Gasteiger partial charge in [0.05, 0.1) is 22.3 Å². The van der Waals surface area contributed by atoms with Crippen LogP contribution in [0.1, 0.15) is 17.5 Å². The molecule has 1 aromatic heterocycles. The van der Waals surface area contributed by atoms with Crippen molar-refractivity contribution in [2.24, 2.45) is 0 Å². The number of hydrogen-bond donors (Lipinski definition) is 3. The molecule has 2 aliphatic rings. The van der Waals surface area contributed by atoms with Gasteiger partial charge in [-0.2, -0.15) is 10.6 Å². The van der Waals surface area contributed by atoms with Crippen LogP contribution < -0.4 is 9.80 Å². The Bertz CT molecular complexity index is 1100.